The molecule has 1 amide bonds. The van der Waals surface area contributed by atoms with Gasteiger partial charge in [0.15, 0.2) is 0 Å². The van der Waals surface area contributed by atoms with Crippen LogP contribution in [0.25, 0.3) is 0 Å². The van der Waals surface area contributed by atoms with E-state index in [2.05, 4.69) is 5.32 Å². The number of carbonyl (C=O) groups is 1. The summed E-state index contributed by atoms with van der Waals surface area (Å²) in [5.41, 5.74) is 0.433. The Labute approximate surface area is 191 Å². The molecule has 10 heteroatoms. The van der Waals surface area contributed by atoms with Crippen LogP contribution in [-0.2, 0) is 14.8 Å². The molecule has 0 aromatic heterocycles. The first kappa shape index (κ1) is 24.7. The van der Waals surface area contributed by atoms with Gasteiger partial charge < -0.3 is 10.1 Å². The molecule has 0 atom stereocenters. The Morgan fingerprint density at radius 2 is 1.87 bits per heavy atom. The highest BCUT2D eigenvalue weighted by molar-refractivity contribution is 7.99. The lowest BCUT2D eigenvalue weighted by atomic mass is 10.2. The first-order valence-corrected chi connectivity index (χ1v) is 12.8. The van der Waals surface area contributed by atoms with E-state index in [9.17, 15) is 13.2 Å². The zero-order valence-corrected chi connectivity index (χ0v) is 19.9. The molecule has 0 unspecified atom stereocenters. The second-order valence-corrected chi connectivity index (χ2v) is 10.3. The molecule has 0 bridgehead atoms. The Kier molecular flexibility index (Phi) is 9.61. The van der Waals surface area contributed by atoms with Crippen molar-refractivity contribution in [3.05, 3.63) is 52.5 Å². The van der Waals surface area contributed by atoms with Crippen LogP contribution in [0.4, 0.5) is 5.69 Å². The predicted molar refractivity (Wildman–Crippen MR) is 125 cm³/mol. The van der Waals surface area contributed by atoms with Crippen LogP contribution in [-0.4, -0.2) is 46.5 Å². The number of halogens is 2. The summed E-state index contributed by atoms with van der Waals surface area (Å²) >= 11 is 13.6. The molecule has 0 radical (unpaired) electrons. The van der Waals surface area contributed by atoms with Gasteiger partial charge in [-0.15, -0.1) is 11.8 Å². The summed E-state index contributed by atoms with van der Waals surface area (Å²) in [7, 11) is -2.03. The van der Waals surface area contributed by atoms with Gasteiger partial charge in [0.05, 0.1) is 24.1 Å². The lowest BCUT2D eigenvalue weighted by molar-refractivity contribution is -0.121. The molecule has 6 nitrogen and oxygen atoms in total. The molecule has 0 saturated heterocycles. The van der Waals surface area contributed by atoms with Crippen molar-refractivity contribution in [3.63, 3.8) is 0 Å². The van der Waals surface area contributed by atoms with Crippen LogP contribution in [0.1, 0.15) is 12.8 Å². The zero-order valence-electron chi connectivity index (χ0n) is 16.7. The maximum atomic E-state index is 12.2. The van der Waals surface area contributed by atoms with Crippen LogP contribution in [0.15, 0.2) is 47.4 Å². The van der Waals surface area contributed by atoms with E-state index in [0.29, 0.717) is 34.4 Å². The highest BCUT2D eigenvalue weighted by Gasteiger charge is 2.19. The molecule has 0 aliphatic carbocycles. The van der Waals surface area contributed by atoms with Gasteiger partial charge in [0.1, 0.15) is 5.75 Å². The molecule has 2 rings (SSSR count). The molecule has 2 aromatic carbocycles. The van der Waals surface area contributed by atoms with Crippen molar-refractivity contribution in [2.45, 2.75) is 17.7 Å². The Balaban J connectivity index is 1.79. The van der Waals surface area contributed by atoms with Gasteiger partial charge in [-0.05, 0) is 48.9 Å². The first-order valence-electron chi connectivity index (χ1n) is 9.17. The summed E-state index contributed by atoms with van der Waals surface area (Å²) in [5.74, 6) is 1.07. The van der Waals surface area contributed by atoms with Crippen molar-refractivity contribution in [1.29, 1.82) is 0 Å². The van der Waals surface area contributed by atoms with E-state index in [4.69, 9.17) is 27.9 Å². The molecular formula is C20H24Cl2N2O4S2. The van der Waals surface area contributed by atoms with Gasteiger partial charge in [-0.25, -0.2) is 8.42 Å². The molecule has 0 fully saturated rings. The molecule has 0 aliphatic rings. The van der Waals surface area contributed by atoms with Crippen LogP contribution in [0.3, 0.4) is 0 Å². The standard InChI is InChI=1S/C20H24Cl2N2O4S2/c1-28-19-10-7-16(14-18(19)22)24(30(2,26)27)12-3-4-20(25)23-11-13-29-17-8-5-15(21)6-9-17/h5-10,14H,3-4,11-13H2,1-2H3,(H,23,25). The van der Waals surface area contributed by atoms with Crippen molar-refractivity contribution in [1.82, 2.24) is 5.32 Å². The van der Waals surface area contributed by atoms with Gasteiger partial charge in [0.2, 0.25) is 15.9 Å². The smallest absolute Gasteiger partial charge is 0.232 e. The number of benzene rings is 2. The third kappa shape index (κ3) is 7.91. The molecule has 30 heavy (non-hydrogen) atoms. The normalized spacial score (nSPS) is 11.2. The molecule has 0 spiro atoms. The summed E-state index contributed by atoms with van der Waals surface area (Å²) in [5, 5.41) is 3.86. The highest BCUT2D eigenvalue weighted by atomic mass is 35.5. The first-order chi connectivity index (χ1) is 14.2. The zero-order chi connectivity index (χ0) is 22.1. The highest BCUT2D eigenvalue weighted by Crippen LogP contribution is 2.30. The summed E-state index contributed by atoms with van der Waals surface area (Å²) < 4.78 is 30.7. The number of rotatable bonds is 11. The predicted octanol–water partition coefficient (Wildman–Crippen LogP) is 4.46. The number of nitrogens with one attached hydrogen (secondary N) is 1. The topological polar surface area (TPSA) is 75.7 Å². The number of amides is 1. The minimum Gasteiger partial charge on any atom is -0.495 e. The van der Waals surface area contributed by atoms with E-state index in [1.54, 1.807) is 23.9 Å². The quantitative estimate of drug-likeness (QED) is 0.371. The van der Waals surface area contributed by atoms with Crippen molar-refractivity contribution < 1.29 is 17.9 Å². The Hall–Kier alpha value is -1.61. The van der Waals surface area contributed by atoms with Crippen molar-refractivity contribution in [2.24, 2.45) is 0 Å². The fourth-order valence-electron chi connectivity index (χ4n) is 2.66. The Morgan fingerprint density at radius 1 is 1.17 bits per heavy atom. The third-order valence-electron chi connectivity index (χ3n) is 4.10. The van der Waals surface area contributed by atoms with Crippen molar-refractivity contribution in [3.8, 4) is 5.75 Å². The number of ether oxygens (including phenoxy) is 1. The molecule has 2 aromatic rings. The number of nitrogens with zero attached hydrogens (tertiary/aromatic N) is 1. The van der Waals surface area contributed by atoms with Gasteiger partial charge in [-0.3, -0.25) is 9.10 Å². The number of sulfonamides is 1. The van der Waals surface area contributed by atoms with Gasteiger partial charge in [-0.1, -0.05) is 23.2 Å². The second-order valence-electron chi connectivity index (χ2n) is 6.41. The molecular weight excluding hydrogens is 467 g/mol. The third-order valence-corrected chi connectivity index (χ3v) is 6.85. The fourth-order valence-corrected chi connectivity index (χ4v) is 4.76. The number of thioether (sulfide) groups is 1. The molecule has 0 heterocycles. The lowest BCUT2D eigenvalue weighted by Crippen LogP contribution is -2.32. The summed E-state index contributed by atoms with van der Waals surface area (Å²) in [4.78, 5) is 13.1. The number of anilines is 1. The molecule has 0 aliphatic heterocycles. The van der Waals surface area contributed by atoms with Crippen molar-refractivity contribution >= 4 is 56.6 Å². The Morgan fingerprint density at radius 3 is 2.47 bits per heavy atom. The largest absolute Gasteiger partial charge is 0.495 e. The number of hydrogen-bond donors (Lipinski definition) is 1. The minimum atomic E-state index is -3.52. The van der Waals surface area contributed by atoms with E-state index < -0.39 is 10.0 Å². The van der Waals surface area contributed by atoms with E-state index in [-0.39, 0.29) is 18.9 Å². The summed E-state index contributed by atoms with van der Waals surface area (Å²) in [6, 6.07) is 12.3. The van der Waals surface area contributed by atoms with Gasteiger partial charge >= 0.3 is 0 Å². The average molecular weight is 491 g/mol. The van der Waals surface area contributed by atoms with Crippen LogP contribution < -0.4 is 14.4 Å². The van der Waals surface area contributed by atoms with Crippen LogP contribution >= 0.6 is 35.0 Å². The average Bonchev–Trinajstić information content (AvgIpc) is 2.69. The van der Waals surface area contributed by atoms with Gasteiger partial charge in [0, 0.05) is 35.2 Å². The molecule has 0 saturated carbocycles. The van der Waals surface area contributed by atoms with Crippen molar-refractivity contribution in [2.75, 3.05) is 36.5 Å². The monoisotopic (exact) mass is 490 g/mol. The van der Waals surface area contributed by atoms with Crippen LogP contribution in [0.2, 0.25) is 10.0 Å². The van der Waals surface area contributed by atoms with Gasteiger partial charge in [-0.2, -0.15) is 0 Å². The fraction of sp³-hybridized carbons (Fsp3) is 0.350. The maximum Gasteiger partial charge on any atom is 0.232 e. The van der Waals surface area contributed by atoms with E-state index in [0.717, 1.165) is 16.9 Å². The summed E-state index contributed by atoms with van der Waals surface area (Å²) in [6.07, 6.45) is 1.73. The van der Waals surface area contributed by atoms with Gasteiger partial charge in [0.25, 0.3) is 0 Å². The number of carbonyl (C=O) groups excluding carboxylic acids is 1. The minimum absolute atomic E-state index is 0.118. The number of methoxy groups -OCH3 is 1. The lowest BCUT2D eigenvalue weighted by Gasteiger charge is -2.23. The van der Waals surface area contributed by atoms with E-state index in [1.807, 2.05) is 24.3 Å². The SMILES string of the molecule is COc1ccc(N(CCCC(=O)NCCSc2ccc(Cl)cc2)S(C)(=O)=O)cc1Cl. The van der Waals surface area contributed by atoms with E-state index >= 15 is 0 Å². The second kappa shape index (κ2) is 11.7. The molecule has 1 N–H and O–H groups in total. The Bertz CT molecular complexity index is 954. The van der Waals surface area contributed by atoms with E-state index in [1.165, 1.54) is 17.5 Å². The van der Waals surface area contributed by atoms with Crippen LogP contribution in [0.5, 0.6) is 5.75 Å². The van der Waals surface area contributed by atoms with Crippen LogP contribution in [0, 0.1) is 0 Å². The molecule has 164 valence electrons. The summed E-state index contributed by atoms with van der Waals surface area (Å²) in [6.45, 7) is 0.699. The number of hydrogen-bond acceptors (Lipinski definition) is 5. The maximum absolute atomic E-state index is 12.2.